The third-order valence-corrected chi connectivity index (χ3v) is 18.9. The summed E-state index contributed by atoms with van der Waals surface area (Å²) in [6.45, 7) is 4.83. The fourth-order valence-electron chi connectivity index (χ4n) is 10.9. The molecule has 3 N–H and O–H groups in total. The Morgan fingerprint density at radius 1 is 0.286 bits per heavy atom. The van der Waals surface area contributed by atoms with E-state index in [9.17, 15) is 43.2 Å². The number of aliphatic hydroxyl groups is 1. The van der Waals surface area contributed by atoms with E-state index in [1.165, 1.54) is 135 Å². The predicted molar refractivity (Wildman–Crippen MR) is 400 cm³/mol. The summed E-state index contributed by atoms with van der Waals surface area (Å²) < 4.78 is 68.5. The minimum atomic E-state index is -4.97. The summed E-state index contributed by atoms with van der Waals surface area (Å²) in [5, 5.41) is 10.6. The molecule has 0 aromatic rings. The molecule has 0 radical (unpaired) electrons. The average Bonchev–Trinajstić information content (AvgIpc) is 0.959. The zero-order valence-electron chi connectivity index (χ0n) is 62.5. The van der Waals surface area contributed by atoms with E-state index < -0.39 is 97.5 Å². The van der Waals surface area contributed by atoms with Crippen LogP contribution in [0.3, 0.4) is 0 Å². The highest BCUT2D eigenvalue weighted by molar-refractivity contribution is 7.47. The zero-order valence-corrected chi connectivity index (χ0v) is 64.3. The van der Waals surface area contributed by atoms with E-state index in [0.29, 0.717) is 25.7 Å². The zero-order chi connectivity index (χ0) is 71.8. The summed E-state index contributed by atoms with van der Waals surface area (Å²) >= 11 is 0. The smallest absolute Gasteiger partial charge is 0.462 e. The van der Waals surface area contributed by atoms with Gasteiger partial charge in [-0.05, 0) is 116 Å². The first-order chi connectivity index (χ1) is 47.7. The Bertz CT molecular complexity index is 2100. The van der Waals surface area contributed by atoms with Crippen molar-refractivity contribution in [3.63, 3.8) is 0 Å². The maximum absolute atomic E-state index is 13.1. The standard InChI is InChI=1S/C79H144O17P2/c1-5-9-13-17-21-25-29-33-36-40-43-47-51-55-59-63-76(81)89-69-74(95-78(83)65-61-57-53-49-45-39-32-28-24-20-16-12-8-4)71-93-97(85,86)91-67-73(80)68-92-98(87,88)94-72-75(96-79(84)66-62-58-54-50-46-42-38-35-31-27-23-19-15-11-7-3)70-90-77(82)64-60-56-52-48-44-41-37-34-30-26-22-18-14-10-6-2/h21,23,25,27-28,32-33,35-36,38,73-75,80H,5-20,22,24,26,29-31,34,37,39-72H2,1-4H3,(H,85,86)(H,87,88)/b25-21-,27-23-,32-28-,36-33-,38-35-/t73-,74-,75-/m1/s1. The van der Waals surface area contributed by atoms with Gasteiger partial charge in [0.05, 0.1) is 26.4 Å². The van der Waals surface area contributed by atoms with Crippen LogP contribution in [0.4, 0.5) is 0 Å². The lowest BCUT2D eigenvalue weighted by molar-refractivity contribution is -0.161. The van der Waals surface area contributed by atoms with Gasteiger partial charge < -0.3 is 33.8 Å². The van der Waals surface area contributed by atoms with Crippen molar-refractivity contribution >= 4 is 39.5 Å². The molecular weight excluding hydrogens is 1280 g/mol. The minimum absolute atomic E-state index is 0.0838. The number of esters is 4. The molecule has 0 spiro atoms. The Kier molecular flexibility index (Phi) is 69.7. The molecule has 0 bridgehead atoms. The molecule has 2 unspecified atom stereocenters. The van der Waals surface area contributed by atoms with Crippen LogP contribution in [0.2, 0.25) is 0 Å². The molecule has 0 aliphatic carbocycles. The van der Waals surface area contributed by atoms with Crippen LogP contribution in [0, 0.1) is 0 Å². The normalized spacial score (nSPS) is 14.2. The highest BCUT2D eigenvalue weighted by Crippen LogP contribution is 2.45. The number of unbranched alkanes of at least 4 members (excludes halogenated alkanes) is 39. The number of rotatable bonds is 75. The third kappa shape index (κ3) is 71.2. The highest BCUT2D eigenvalue weighted by Gasteiger charge is 2.30. The van der Waals surface area contributed by atoms with Crippen molar-refractivity contribution in [2.24, 2.45) is 0 Å². The lowest BCUT2D eigenvalue weighted by Crippen LogP contribution is -2.30. The van der Waals surface area contributed by atoms with Gasteiger partial charge in [0.15, 0.2) is 12.2 Å². The number of hydrogen-bond donors (Lipinski definition) is 3. The molecule has 0 rings (SSSR count). The van der Waals surface area contributed by atoms with Crippen molar-refractivity contribution in [1.29, 1.82) is 0 Å². The van der Waals surface area contributed by atoms with Gasteiger partial charge in [-0.15, -0.1) is 0 Å². The quantitative estimate of drug-likeness (QED) is 0.0169. The SMILES string of the molecule is CCCCC/C=C\C/C=C\CCCCCCCC(=O)OC[C@H](COP(=O)(O)OC[C@@H](O)COP(=O)(O)OC[C@@H](COC(=O)CCCCCCCCCCCCCCCCC)OC(=O)CCCCCCC/C=C\C/C=C\CCCCC)OC(=O)CCCCCCC/C=C\CCCCCC. The summed E-state index contributed by atoms with van der Waals surface area (Å²) in [7, 11) is -9.95. The minimum Gasteiger partial charge on any atom is -0.462 e. The van der Waals surface area contributed by atoms with Crippen LogP contribution in [0.1, 0.15) is 362 Å². The Balaban J connectivity index is 5.34. The molecule has 0 saturated carbocycles. The van der Waals surface area contributed by atoms with Crippen LogP contribution in [-0.4, -0.2) is 96.7 Å². The summed E-state index contributed by atoms with van der Waals surface area (Å²) in [6, 6.07) is 0. The Hall–Kier alpha value is -3.24. The van der Waals surface area contributed by atoms with E-state index in [0.717, 1.165) is 148 Å². The summed E-state index contributed by atoms with van der Waals surface area (Å²) in [5.74, 6) is -2.18. The van der Waals surface area contributed by atoms with E-state index in [1.54, 1.807) is 0 Å². The molecule has 98 heavy (non-hydrogen) atoms. The molecule has 0 aliphatic heterocycles. The molecule has 0 aromatic carbocycles. The number of carbonyl (C=O) groups excluding carboxylic acids is 4. The number of carbonyl (C=O) groups is 4. The first kappa shape index (κ1) is 94.8. The van der Waals surface area contributed by atoms with Crippen molar-refractivity contribution < 1.29 is 80.2 Å². The van der Waals surface area contributed by atoms with Gasteiger partial charge in [0.25, 0.3) is 0 Å². The second-order valence-electron chi connectivity index (χ2n) is 26.7. The summed E-state index contributed by atoms with van der Waals surface area (Å²) in [4.78, 5) is 72.9. The van der Waals surface area contributed by atoms with Crippen LogP contribution >= 0.6 is 15.6 Å². The van der Waals surface area contributed by atoms with Gasteiger partial charge in [0.2, 0.25) is 0 Å². The fraction of sp³-hybridized carbons (Fsp3) is 0.823. The molecule has 0 fully saturated rings. The van der Waals surface area contributed by atoms with E-state index in [4.69, 9.17) is 37.0 Å². The molecule has 572 valence electrons. The topological polar surface area (TPSA) is 237 Å². The second kappa shape index (κ2) is 72.1. The molecular formula is C79H144O17P2. The highest BCUT2D eigenvalue weighted by atomic mass is 31.2. The lowest BCUT2D eigenvalue weighted by Gasteiger charge is -2.21. The number of phosphoric ester groups is 2. The van der Waals surface area contributed by atoms with Gasteiger partial charge in [-0.1, -0.05) is 281 Å². The van der Waals surface area contributed by atoms with Crippen molar-refractivity contribution in [3.8, 4) is 0 Å². The van der Waals surface area contributed by atoms with E-state index >= 15 is 0 Å². The number of ether oxygens (including phenoxy) is 4. The monoisotopic (exact) mass is 1430 g/mol. The van der Waals surface area contributed by atoms with Crippen LogP contribution in [0.15, 0.2) is 60.8 Å². The molecule has 0 heterocycles. The number of hydrogen-bond acceptors (Lipinski definition) is 15. The Labute approximate surface area is 597 Å². The van der Waals surface area contributed by atoms with Crippen LogP contribution in [-0.2, 0) is 65.4 Å². The van der Waals surface area contributed by atoms with Gasteiger partial charge in [-0.3, -0.25) is 37.3 Å². The molecule has 19 heteroatoms. The van der Waals surface area contributed by atoms with E-state index in [1.807, 2.05) is 0 Å². The maximum Gasteiger partial charge on any atom is 0.472 e. The predicted octanol–water partition coefficient (Wildman–Crippen LogP) is 22.7. The summed E-state index contributed by atoms with van der Waals surface area (Å²) in [6.07, 6.45) is 70.5. The maximum atomic E-state index is 13.1. The van der Waals surface area contributed by atoms with Crippen molar-refractivity contribution in [2.75, 3.05) is 39.6 Å². The van der Waals surface area contributed by atoms with Gasteiger partial charge in [0.1, 0.15) is 19.3 Å². The van der Waals surface area contributed by atoms with Gasteiger partial charge in [-0.25, -0.2) is 9.13 Å². The molecule has 17 nitrogen and oxygen atoms in total. The second-order valence-corrected chi connectivity index (χ2v) is 29.6. The van der Waals surface area contributed by atoms with Gasteiger partial charge in [0, 0.05) is 25.7 Å². The molecule has 0 aromatic heterocycles. The van der Waals surface area contributed by atoms with E-state index in [-0.39, 0.29) is 25.7 Å². The number of aliphatic hydroxyl groups excluding tert-OH is 1. The molecule has 0 saturated heterocycles. The largest absolute Gasteiger partial charge is 0.472 e. The summed E-state index contributed by atoms with van der Waals surface area (Å²) in [5.41, 5.74) is 0. The molecule has 5 atom stereocenters. The van der Waals surface area contributed by atoms with E-state index in [2.05, 4.69) is 88.5 Å². The van der Waals surface area contributed by atoms with Crippen LogP contribution in [0.5, 0.6) is 0 Å². The first-order valence-corrected chi connectivity index (χ1v) is 42.5. The molecule has 0 aliphatic rings. The Morgan fingerprint density at radius 2 is 0.500 bits per heavy atom. The average molecular weight is 1430 g/mol. The van der Waals surface area contributed by atoms with Crippen molar-refractivity contribution in [1.82, 2.24) is 0 Å². The van der Waals surface area contributed by atoms with Crippen molar-refractivity contribution in [2.45, 2.75) is 380 Å². The third-order valence-electron chi connectivity index (χ3n) is 17.0. The molecule has 0 amide bonds. The number of phosphoric acid groups is 2. The van der Waals surface area contributed by atoms with Crippen LogP contribution in [0.25, 0.3) is 0 Å². The Morgan fingerprint density at radius 3 is 0.796 bits per heavy atom. The number of allylic oxidation sites excluding steroid dienone is 10. The lowest BCUT2D eigenvalue weighted by atomic mass is 10.0. The first-order valence-electron chi connectivity index (χ1n) is 39.5. The van der Waals surface area contributed by atoms with Crippen molar-refractivity contribution in [3.05, 3.63) is 60.8 Å². The van der Waals surface area contributed by atoms with Gasteiger partial charge >= 0.3 is 39.5 Å². The van der Waals surface area contributed by atoms with Crippen LogP contribution < -0.4 is 0 Å². The fourth-order valence-corrected chi connectivity index (χ4v) is 12.4. The van der Waals surface area contributed by atoms with Gasteiger partial charge in [-0.2, -0.15) is 0 Å².